The van der Waals surface area contributed by atoms with E-state index < -0.39 is 0 Å². The van der Waals surface area contributed by atoms with Crippen molar-refractivity contribution >= 4 is 33.9 Å². The second-order valence-electron chi connectivity index (χ2n) is 0.866. The summed E-state index contributed by atoms with van der Waals surface area (Å²) in [6.45, 7) is 0. The first-order valence-electron chi connectivity index (χ1n) is 1.50. The Balaban J connectivity index is 3.30. The zero-order valence-corrected chi connectivity index (χ0v) is 6.12. The highest BCUT2D eigenvalue weighted by atomic mass is 127. The molecule has 38 valence electrons. The molecule has 0 spiro atoms. The van der Waals surface area contributed by atoms with Gasteiger partial charge in [0, 0.05) is 0 Å². The SMILES string of the molecule is O=c1[nH]nc(I)s1. The second-order valence-corrected chi connectivity index (χ2v) is 3.58. The second kappa shape index (κ2) is 1.91. The van der Waals surface area contributed by atoms with Gasteiger partial charge in [0.1, 0.15) is 0 Å². The maximum absolute atomic E-state index is 10.2. The van der Waals surface area contributed by atoms with Crippen molar-refractivity contribution in [3.8, 4) is 0 Å². The zero-order valence-electron chi connectivity index (χ0n) is 3.14. The van der Waals surface area contributed by atoms with E-state index >= 15 is 0 Å². The molecule has 0 saturated carbocycles. The summed E-state index contributed by atoms with van der Waals surface area (Å²) in [5.74, 6) is 0. The van der Waals surface area contributed by atoms with Crippen molar-refractivity contribution in [1.29, 1.82) is 0 Å². The van der Waals surface area contributed by atoms with E-state index in [-0.39, 0.29) is 4.87 Å². The summed E-state index contributed by atoms with van der Waals surface area (Å²) in [5.41, 5.74) is 0. The molecule has 1 aromatic heterocycles. The standard InChI is InChI=1S/C2HIN2OS/c3-1-4-5-2(6)7-1/h(H,5,6). The normalized spacial score (nSPS) is 9.29. The summed E-state index contributed by atoms with van der Waals surface area (Å²) in [6.07, 6.45) is 0. The first-order valence-corrected chi connectivity index (χ1v) is 3.39. The minimum Gasteiger partial charge on any atom is -0.255 e. The smallest absolute Gasteiger partial charge is 0.255 e. The summed E-state index contributed by atoms with van der Waals surface area (Å²) in [6, 6.07) is 0. The van der Waals surface area contributed by atoms with Gasteiger partial charge in [-0.05, 0) is 33.9 Å². The third-order valence-electron chi connectivity index (χ3n) is 0.412. The predicted molar refractivity (Wildman–Crippen MR) is 35.5 cm³/mol. The first kappa shape index (κ1) is 5.23. The highest BCUT2D eigenvalue weighted by Crippen LogP contribution is 1.97. The van der Waals surface area contributed by atoms with Crippen molar-refractivity contribution in [1.82, 2.24) is 10.2 Å². The molecule has 0 amide bonds. The van der Waals surface area contributed by atoms with Crippen molar-refractivity contribution in [3.63, 3.8) is 0 Å². The Labute approximate surface area is 56.9 Å². The van der Waals surface area contributed by atoms with Gasteiger partial charge in [-0.25, -0.2) is 5.10 Å². The molecule has 0 atom stereocenters. The Kier molecular flexibility index (Phi) is 1.43. The van der Waals surface area contributed by atoms with Crippen LogP contribution in [-0.2, 0) is 0 Å². The molecule has 0 fully saturated rings. The summed E-state index contributed by atoms with van der Waals surface area (Å²) in [4.78, 5) is 10.1. The number of halogens is 1. The number of H-pyrrole nitrogens is 1. The summed E-state index contributed by atoms with van der Waals surface area (Å²) >= 11 is 3.08. The van der Waals surface area contributed by atoms with Crippen LogP contribution in [0.25, 0.3) is 0 Å². The van der Waals surface area contributed by atoms with Gasteiger partial charge >= 0.3 is 4.87 Å². The number of nitrogens with one attached hydrogen (secondary N) is 1. The summed E-state index contributed by atoms with van der Waals surface area (Å²) in [5, 5.41) is 5.86. The molecule has 5 heteroatoms. The molecule has 1 aromatic rings. The number of aromatic nitrogens is 2. The Bertz CT molecular complexity index is 203. The minimum atomic E-state index is -0.0931. The van der Waals surface area contributed by atoms with Crippen molar-refractivity contribution < 1.29 is 0 Å². The van der Waals surface area contributed by atoms with Crippen LogP contribution in [-0.4, -0.2) is 10.2 Å². The van der Waals surface area contributed by atoms with E-state index in [1.165, 1.54) is 0 Å². The lowest BCUT2D eigenvalue weighted by Gasteiger charge is -1.59. The lowest BCUT2D eigenvalue weighted by atomic mass is 11.5. The molecule has 1 N–H and O–H groups in total. The fraction of sp³-hybridized carbons (Fsp3) is 0. The number of hydrogen-bond acceptors (Lipinski definition) is 3. The third-order valence-corrected chi connectivity index (χ3v) is 1.85. The maximum Gasteiger partial charge on any atom is 0.323 e. The van der Waals surface area contributed by atoms with Crippen LogP contribution in [0.15, 0.2) is 4.79 Å². The minimum absolute atomic E-state index is 0.0931. The van der Waals surface area contributed by atoms with Crippen molar-refractivity contribution in [3.05, 3.63) is 12.7 Å². The molecule has 0 bridgehead atoms. The summed E-state index contributed by atoms with van der Waals surface area (Å²) < 4.78 is 0.752. The molecule has 7 heavy (non-hydrogen) atoms. The van der Waals surface area contributed by atoms with Gasteiger partial charge in [-0.15, -0.1) is 0 Å². The average molecular weight is 228 g/mol. The van der Waals surface area contributed by atoms with Gasteiger partial charge in [-0.2, -0.15) is 5.10 Å². The lowest BCUT2D eigenvalue weighted by molar-refractivity contribution is 1.04. The van der Waals surface area contributed by atoms with E-state index in [0.29, 0.717) is 0 Å². The number of hydrogen-bond donors (Lipinski definition) is 1. The molecule has 0 saturated heterocycles. The van der Waals surface area contributed by atoms with E-state index in [9.17, 15) is 4.79 Å². The number of rotatable bonds is 0. The van der Waals surface area contributed by atoms with Gasteiger partial charge in [0.05, 0.1) is 0 Å². The first-order chi connectivity index (χ1) is 3.29. The molecule has 1 rings (SSSR count). The van der Waals surface area contributed by atoms with E-state index in [1.54, 1.807) is 0 Å². The highest BCUT2D eigenvalue weighted by molar-refractivity contribution is 14.1. The zero-order chi connectivity index (χ0) is 5.28. The van der Waals surface area contributed by atoms with Crippen LogP contribution in [0.1, 0.15) is 0 Å². The topological polar surface area (TPSA) is 45.8 Å². The Morgan fingerprint density at radius 1 is 1.86 bits per heavy atom. The molecular weight excluding hydrogens is 227 g/mol. The van der Waals surface area contributed by atoms with Crippen LogP contribution >= 0.6 is 33.9 Å². The third kappa shape index (κ3) is 1.23. The molecule has 1 heterocycles. The Morgan fingerprint density at radius 2 is 2.57 bits per heavy atom. The fourth-order valence-electron chi connectivity index (χ4n) is 0.212. The average Bonchev–Trinajstić information content (AvgIpc) is 1.87. The van der Waals surface area contributed by atoms with Gasteiger partial charge in [0.15, 0.2) is 3.01 Å². The van der Waals surface area contributed by atoms with Gasteiger partial charge in [-0.3, -0.25) is 4.79 Å². The molecule has 0 radical (unpaired) electrons. The van der Waals surface area contributed by atoms with Crippen LogP contribution in [0.5, 0.6) is 0 Å². The van der Waals surface area contributed by atoms with Gasteiger partial charge in [0.25, 0.3) is 0 Å². The quantitative estimate of drug-likeness (QED) is 0.654. The molecule has 0 aromatic carbocycles. The number of nitrogens with zero attached hydrogens (tertiary/aromatic N) is 1. The Hall–Kier alpha value is 0.0900. The van der Waals surface area contributed by atoms with Crippen molar-refractivity contribution in [2.75, 3.05) is 0 Å². The van der Waals surface area contributed by atoms with Crippen LogP contribution < -0.4 is 4.87 Å². The van der Waals surface area contributed by atoms with Crippen LogP contribution in [0.4, 0.5) is 0 Å². The van der Waals surface area contributed by atoms with Crippen molar-refractivity contribution in [2.24, 2.45) is 0 Å². The monoisotopic (exact) mass is 228 g/mol. The van der Waals surface area contributed by atoms with E-state index in [0.717, 1.165) is 14.4 Å². The van der Waals surface area contributed by atoms with Gasteiger partial charge < -0.3 is 0 Å². The predicted octanol–water partition coefficient (Wildman–Crippen LogP) is 0.436. The van der Waals surface area contributed by atoms with Crippen LogP contribution in [0.3, 0.4) is 0 Å². The van der Waals surface area contributed by atoms with E-state index in [2.05, 4.69) is 10.2 Å². The largest absolute Gasteiger partial charge is 0.323 e. The fourth-order valence-corrected chi connectivity index (χ4v) is 1.27. The molecular formula is C2HIN2OS. The van der Waals surface area contributed by atoms with E-state index in [4.69, 9.17) is 0 Å². The summed E-state index contributed by atoms with van der Waals surface area (Å²) in [7, 11) is 0. The molecule has 0 aliphatic carbocycles. The molecule has 0 aliphatic heterocycles. The van der Waals surface area contributed by atoms with Crippen LogP contribution in [0, 0.1) is 3.01 Å². The molecule has 3 nitrogen and oxygen atoms in total. The highest BCUT2D eigenvalue weighted by Gasteiger charge is 1.87. The Morgan fingerprint density at radius 3 is 2.71 bits per heavy atom. The lowest BCUT2D eigenvalue weighted by Crippen LogP contribution is -1.90. The van der Waals surface area contributed by atoms with Gasteiger partial charge in [-0.1, -0.05) is 0 Å². The van der Waals surface area contributed by atoms with Gasteiger partial charge in [0.2, 0.25) is 0 Å². The van der Waals surface area contributed by atoms with Crippen LogP contribution in [0.2, 0.25) is 0 Å². The molecule has 0 unspecified atom stereocenters. The van der Waals surface area contributed by atoms with E-state index in [1.807, 2.05) is 22.6 Å². The molecule has 0 aliphatic rings. The number of aromatic amines is 1. The van der Waals surface area contributed by atoms with Crippen molar-refractivity contribution in [2.45, 2.75) is 0 Å². The maximum atomic E-state index is 10.2.